The van der Waals surface area contributed by atoms with Crippen LogP contribution in [0.25, 0.3) is 0 Å². The summed E-state index contributed by atoms with van der Waals surface area (Å²) in [4.78, 5) is 48.1. The van der Waals surface area contributed by atoms with Gasteiger partial charge in [-0.15, -0.1) is 0 Å². The fourth-order valence-electron chi connectivity index (χ4n) is 6.96. The average molecular weight is 885 g/mol. The van der Waals surface area contributed by atoms with Crippen molar-refractivity contribution < 1.29 is 33.3 Å². The standard InChI is InChI=1S/C57H60N2O7/c1-3-5-7-9-11-13-39-63-51-35-27-49(28-36-51)58-41-43-15-19-47(20-16-43)56(61)65-53-31-23-45(24-32-53)55(60)46-25-33-54(34-26-46)66-57(62)48-21-17-44(18-22-48)42-59-50-29-37-52(38-30-50)64-40-14-12-10-8-6-4-2/h15-38,41-42H,3-14,39-40H2,1-2H3. The summed E-state index contributed by atoms with van der Waals surface area (Å²) in [6, 6.07) is 42.0. The Balaban J connectivity index is 0.905. The second kappa shape index (κ2) is 26.6. The number of hydrogen-bond acceptors (Lipinski definition) is 9. The number of aliphatic imine (C=N–C) groups is 2. The Morgan fingerprint density at radius 1 is 0.379 bits per heavy atom. The molecule has 340 valence electrons. The number of esters is 2. The van der Waals surface area contributed by atoms with E-state index >= 15 is 0 Å². The Morgan fingerprint density at radius 2 is 0.697 bits per heavy atom. The van der Waals surface area contributed by atoms with Crippen molar-refractivity contribution in [1.29, 1.82) is 0 Å². The maximum absolute atomic E-state index is 13.3. The van der Waals surface area contributed by atoms with Gasteiger partial charge in [-0.05, 0) is 145 Å². The molecule has 0 aromatic heterocycles. The van der Waals surface area contributed by atoms with Gasteiger partial charge < -0.3 is 18.9 Å². The molecule has 0 aliphatic heterocycles. The van der Waals surface area contributed by atoms with Gasteiger partial charge in [-0.2, -0.15) is 0 Å². The van der Waals surface area contributed by atoms with Crippen LogP contribution in [-0.2, 0) is 0 Å². The van der Waals surface area contributed by atoms with Crippen LogP contribution in [0.15, 0.2) is 156 Å². The fourth-order valence-corrected chi connectivity index (χ4v) is 6.96. The second-order valence-corrected chi connectivity index (χ2v) is 16.1. The summed E-state index contributed by atoms with van der Waals surface area (Å²) in [5.41, 5.74) is 4.84. The van der Waals surface area contributed by atoms with E-state index in [9.17, 15) is 14.4 Å². The van der Waals surface area contributed by atoms with Crippen LogP contribution in [0.1, 0.15) is 139 Å². The Kier molecular flexibility index (Phi) is 19.5. The van der Waals surface area contributed by atoms with Crippen LogP contribution in [0.3, 0.4) is 0 Å². The third kappa shape index (κ3) is 16.1. The predicted octanol–water partition coefficient (Wildman–Crippen LogP) is 14.3. The summed E-state index contributed by atoms with van der Waals surface area (Å²) >= 11 is 0. The van der Waals surface area contributed by atoms with E-state index in [0.29, 0.717) is 33.8 Å². The summed E-state index contributed by atoms with van der Waals surface area (Å²) in [7, 11) is 0. The number of unbranched alkanes of at least 4 members (excludes halogenated alkanes) is 10. The molecule has 0 spiro atoms. The van der Waals surface area contributed by atoms with Crippen molar-refractivity contribution in [2.45, 2.75) is 90.9 Å². The van der Waals surface area contributed by atoms with Crippen LogP contribution < -0.4 is 18.9 Å². The molecular weight excluding hydrogens is 825 g/mol. The molecule has 0 aliphatic carbocycles. The molecule has 9 nitrogen and oxygen atoms in total. The van der Waals surface area contributed by atoms with Crippen molar-refractivity contribution in [2.75, 3.05) is 13.2 Å². The SMILES string of the molecule is CCCCCCCCOc1ccc(N=Cc2ccc(C(=O)Oc3ccc(C(=O)c4ccc(OC(=O)c5ccc(C=Nc6ccc(OCCCCCCCC)cc6)cc5)cc4)cc3)cc2)cc1. The molecule has 9 heteroatoms. The van der Waals surface area contributed by atoms with E-state index < -0.39 is 11.9 Å². The summed E-state index contributed by atoms with van der Waals surface area (Å²) in [5.74, 6) is 1.000. The van der Waals surface area contributed by atoms with Gasteiger partial charge in [0.15, 0.2) is 5.78 Å². The Hall–Kier alpha value is -7.13. The number of nitrogens with zero attached hydrogens (tertiary/aromatic N) is 2. The van der Waals surface area contributed by atoms with E-state index in [2.05, 4.69) is 23.8 Å². The zero-order valence-corrected chi connectivity index (χ0v) is 38.2. The Labute approximate surface area is 389 Å². The molecule has 0 saturated carbocycles. The second-order valence-electron chi connectivity index (χ2n) is 16.1. The molecule has 0 aliphatic rings. The van der Waals surface area contributed by atoms with Crippen LogP contribution in [0.2, 0.25) is 0 Å². The fraction of sp³-hybridized carbons (Fsp3) is 0.281. The minimum Gasteiger partial charge on any atom is -0.494 e. The van der Waals surface area contributed by atoms with Gasteiger partial charge in [0, 0.05) is 23.6 Å². The third-order valence-corrected chi connectivity index (χ3v) is 10.9. The molecule has 6 aromatic rings. The van der Waals surface area contributed by atoms with Crippen molar-refractivity contribution >= 4 is 41.5 Å². The number of rotatable bonds is 26. The van der Waals surface area contributed by atoms with Crippen LogP contribution >= 0.6 is 0 Å². The van der Waals surface area contributed by atoms with Crippen LogP contribution in [0.4, 0.5) is 11.4 Å². The summed E-state index contributed by atoms with van der Waals surface area (Å²) < 4.78 is 22.9. The zero-order valence-electron chi connectivity index (χ0n) is 38.2. The molecule has 6 aromatic carbocycles. The highest BCUT2D eigenvalue weighted by Gasteiger charge is 2.14. The summed E-state index contributed by atoms with van der Waals surface area (Å²) in [6.45, 7) is 5.89. The molecule has 0 radical (unpaired) electrons. The van der Waals surface area contributed by atoms with E-state index in [4.69, 9.17) is 18.9 Å². The van der Waals surface area contributed by atoms with Gasteiger partial charge in [0.25, 0.3) is 0 Å². The molecule has 0 atom stereocenters. The van der Waals surface area contributed by atoms with Crippen LogP contribution in [0.5, 0.6) is 23.0 Å². The molecule has 66 heavy (non-hydrogen) atoms. The predicted molar refractivity (Wildman–Crippen MR) is 264 cm³/mol. The van der Waals surface area contributed by atoms with Crippen molar-refractivity contribution in [3.8, 4) is 23.0 Å². The van der Waals surface area contributed by atoms with Crippen molar-refractivity contribution in [1.82, 2.24) is 0 Å². The van der Waals surface area contributed by atoms with Gasteiger partial charge in [-0.3, -0.25) is 14.8 Å². The minimum atomic E-state index is -0.523. The van der Waals surface area contributed by atoms with E-state index in [1.165, 1.54) is 64.2 Å². The monoisotopic (exact) mass is 884 g/mol. The number of ketones is 1. The first-order valence-electron chi connectivity index (χ1n) is 23.3. The normalized spacial score (nSPS) is 11.2. The van der Waals surface area contributed by atoms with Crippen molar-refractivity contribution in [3.63, 3.8) is 0 Å². The lowest BCUT2D eigenvalue weighted by Crippen LogP contribution is -2.09. The lowest BCUT2D eigenvalue weighted by molar-refractivity contribution is 0.0725. The maximum Gasteiger partial charge on any atom is 0.343 e. The lowest BCUT2D eigenvalue weighted by Gasteiger charge is -2.08. The topological polar surface area (TPSA) is 113 Å². The number of ether oxygens (including phenoxy) is 4. The molecule has 0 amide bonds. The highest BCUT2D eigenvalue weighted by molar-refractivity contribution is 6.09. The zero-order chi connectivity index (χ0) is 46.2. The quantitative estimate of drug-likeness (QED) is 0.0175. The maximum atomic E-state index is 13.3. The average Bonchev–Trinajstić information content (AvgIpc) is 3.36. The lowest BCUT2D eigenvalue weighted by atomic mass is 10.0. The first-order chi connectivity index (χ1) is 32.4. The van der Waals surface area contributed by atoms with Crippen LogP contribution in [0, 0.1) is 0 Å². The minimum absolute atomic E-state index is 0.235. The number of benzene rings is 6. The number of carbonyl (C=O) groups is 3. The third-order valence-electron chi connectivity index (χ3n) is 10.9. The van der Waals surface area contributed by atoms with Gasteiger partial charge in [0.2, 0.25) is 0 Å². The summed E-state index contributed by atoms with van der Waals surface area (Å²) in [6.07, 6.45) is 18.2. The van der Waals surface area contributed by atoms with E-state index in [1.54, 1.807) is 109 Å². The Bertz CT molecular complexity index is 2280. The van der Waals surface area contributed by atoms with E-state index in [-0.39, 0.29) is 5.78 Å². The first kappa shape index (κ1) is 48.3. The molecule has 0 fully saturated rings. The van der Waals surface area contributed by atoms with Gasteiger partial charge >= 0.3 is 11.9 Å². The molecule has 6 rings (SSSR count). The smallest absolute Gasteiger partial charge is 0.343 e. The van der Waals surface area contributed by atoms with Gasteiger partial charge in [0.1, 0.15) is 23.0 Å². The van der Waals surface area contributed by atoms with Gasteiger partial charge in [0.05, 0.1) is 35.7 Å². The molecule has 0 heterocycles. The molecule has 0 unspecified atom stereocenters. The van der Waals surface area contributed by atoms with Crippen molar-refractivity contribution in [3.05, 3.63) is 179 Å². The van der Waals surface area contributed by atoms with Gasteiger partial charge in [-0.1, -0.05) is 102 Å². The van der Waals surface area contributed by atoms with Gasteiger partial charge in [-0.25, -0.2) is 9.59 Å². The molecule has 0 N–H and O–H groups in total. The van der Waals surface area contributed by atoms with Crippen molar-refractivity contribution in [2.24, 2.45) is 9.98 Å². The first-order valence-corrected chi connectivity index (χ1v) is 23.3. The molecule has 0 saturated heterocycles. The highest BCUT2D eigenvalue weighted by atomic mass is 16.5. The molecular formula is C57H60N2O7. The van der Waals surface area contributed by atoms with E-state index in [0.717, 1.165) is 60.1 Å². The largest absolute Gasteiger partial charge is 0.494 e. The van der Waals surface area contributed by atoms with Crippen LogP contribution in [-0.4, -0.2) is 43.4 Å². The molecule has 0 bridgehead atoms. The highest BCUT2D eigenvalue weighted by Crippen LogP contribution is 2.23. The number of hydrogen-bond donors (Lipinski definition) is 0. The summed E-state index contributed by atoms with van der Waals surface area (Å²) in [5, 5.41) is 0. The number of carbonyl (C=O) groups excluding carboxylic acids is 3. The Morgan fingerprint density at radius 3 is 1.06 bits per heavy atom. The van der Waals surface area contributed by atoms with E-state index in [1.807, 2.05) is 48.5 Å².